The third-order valence-corrected chi connectivity index (χ3v) is 4.60. The molecule has 1 heterocycles. The van der Waals surface area contributed by atoms with Crippen molar-refractivity contribution in [1.82, 2.24) is 10.3 Å². The Morgan fingerprint density at radius 3 is 2.76 bits per heavy atom. The van der Waals surface area contributed by atoms with Gasteiger partial charge in [0.1, 0.15) is 5.82 Å². The van der Waals surface area contributed by atoms with E-state index in [-0.39, 0.29) is 11.9 Å². The van der Waals surface area contributed by atoms with E-state index in [1.54, 1.807) is 23.5 Å². The number of hydrogen-bond acceptors (Lipinski definition) is 3. The molecule has 1 aromatic heterocycles. The quantitative estimate of drug-likeness (QED) is 0.775. The lowest BCUT2D eigenvalue weighted by molar-refractivity contribution is 0.552. The molecule has 0 bridgehead atoms. The summed E-state index contributed by atoms with van der Waals surface area (Å²) in [4.78, 5) is 4.66. The lowest BCUT2D eigenvalue weighted by atomic mass is 10.0. The third-order valence-electron chi connectivity index (χ3n) is 3.54. The van der Waals surface area contributed by atoms with E-state index in [2.05, 4.69) is 16.4 Å². The van der Waals surface area contributed by atoms with E-state index in [9.17, 15) is 4.39 Å². The van der Waals surface area contributed by atoms with Crippen molar-refractivity contribution in [3.63, 3.8) is 0 Å². The zero-order valence-corrected chi connectivity index (χ0v) is 12.7. The summed E-state index contributed by atoms with van der Waals surface area (Å²) in [6, 6.07) is 15.2. The Hall–Kier alpha value is -1.78. The second kappa shape index (κ2) is 6.33. The minimum absolute atomic E-state index is 0.178. The van der Waals surface area contributed by atoms with E-state index in [4.69, 9.17) is 0 Å². The number of halogens is 1. The number of aromatic nitrogens is 1. The van der Waals surface area contributed by atoms with E-state index >= 15 is 0 Å². The molecule has 0 saturated heterocycles. The third kappa shape index (κ3) is 3.46. The normalized spacial score (nSPS) is 12.7. The lowest BCUT2D eigenvalue weighted by Gasteiger charge is -2.14. The van der Waals surface area contributed by atoms with Crippen LogP contribution in [0.3, 0.4) is 0 Å². The molecule has 3 aromatic rings. The zero-order valence-electron chi connectivity index (χ0n) is 11.8. The molecule has 0 aliphatic carbocycles. The Morgan fingerprint density at radius 2 is 2.00 bits per heavy atom. The van der Waals surface area contributed by atoms with Crippen LogP contribution in [-0.2, 0) is 12.8 Å². The van der Waals surface area contributed by atoms with Gasteiger partial charge in [0.25, 0.3) is 0 Å². The zero-order chi connectivity index (χ0) is 14.7. The van der Waals surface area contributed by atoms with Gasteiger partial charge >= 0.3 is 0 Å². The van der Waals surface area contributed by atoms with Crippen LogP contribution >= 0.6 is 11.3 Å². The van der Waals surface area contributed by atoms with E-state index in [1.165, 1.54) is 10.8 Å². The van der Waals surface area contributed by atoms with Crippen molar-refractivity contribution in [2.45, 2.75) is 18.9 Å². The number of benzene rings is 2. The van der Waals surface area contributed by atoms with Crippen molar-refractivity contribution in [3.8, 4) is 0 Å². The van der Waals surface area contributed by atoms with E-state index < -0.39 is 0 Å². The molecule has 1 atom stereocenters. The van der Waals surface area contributed by atoms with Gasteiger partial charge in [0.2, 0.25) is 0 Å². The summed E-state index contributed by atoms with van der Waals surface area (Å²) in [5, 5.41) is 4.42. The van der Waals surface area contributed by atoms with Gasteiger partial charge in [-0.15, -0.1) is 11.3 Å². The molecule has 0 radical (unpaired) electrons. The van der Waals surface area contributed by atoms with Gasteiger partial charge in [-0.3, -0.25) is 0 Å². The number of nitrogens with one attached hydrogen (secondary N) is 1. The number of fused-ring (bicyclic) bond motifs is 1. The smallest absolute Gasteiger partial charge is 0.123 e. The molecule has 21 heavy (non-hydrogen) atoms. The minimum atomic E-state index is -0.178. The second-order valence-electron chi connectivity index (χ2n) is 5.10. The molecule has 0 aliphatic rings. The monoisotopic (exact) mass is 300 g/mol. The van der Waals surface area contributed by atoms with Crippen molar-refractivity contribution < 1.29 is 4.39 Å². The number of nitrogens with zero attached hydrogens (tertiary/aromatic N) is 1. The maximum absolute atomic E-state index is 13.3. The highest BCUT2D eigenvalue weighted by Gasteiger charge is 2.12. The van der Waals surface area contributed by atoms with Crippen LogP contribution in [0.1, 0.15) is 10.6 Å². The Labute approximate surface area is 127 Å². The van der Waals surface area contributed by atoms with Gasteiger partial charge in [0, 0.05) is 12.5 Å². The Morgan fingerprint density at radius 1 is 1.14 bits per heavy atom. The van der Waals surface area contributed by atoms with Gasteiger partial charge in [-0.2, -0.15) is 0 Å². The molecule has 0 aliphatic heterocycles. The number of para-hydroxylation sites is 1. The summed E-state index contributed by atoms with van der Waals surface area (Å²) in [7, 11) is 1.94. The molecular weight excluding hydrogens is 283 g/mol. The van der Waals surface area contributed by atoms with Crippen LogP contribution in [0.4, 0.5) is 4.39 Å². The highest BCUT2D eigenvalue weighted by atomic mass is 32.1. The van der Waals surface area contributed by atoms with Crippen LogP contribution in [0, 0.1) is 5.82 Å². The summed E-state index contributed by atoms with van der Waals surface area (Å²) in [5.74, 6) is -0.178. The average molecular weight is 300 g/mol. The summed E-state index contributed by atoms with van der Waals surface area (Å²) >= 11 is 1.73. The molecule has 2 nitrogen and oxygen atoms in total. The van der Waals surface area contributed by atoms with Crippen molar-refractivity contribution in [2.24, 2.45) is 0 Å². The van der Waals surface area contributed by atoms with E-state index in [1.807, 2.05) is 31.3 Å². The summed E-state index contributed by atoms with van der Waals surface area (Å²) in [6.07, 6.45) is 1.65. The fourth-order valence-electron chi connectivity index (χ4n) is 2.44. The Bertz CT molecular complexity index is 705. The number of rotatable bonds is 5. The van der Waals surface area contributed by atoms with Gasteiger partial charge in [-0.05, 0) is 43.3 Å². The van der Waals surface area contributed by atoms with Crippen molar-refractivity contribution in [1.29, 1.82) is 0 Å². The first-order valence-corrected chi connectivity index (χ1v) is 7.82. The maximum atomic E-state index is 13.3. The first-order chi connectivity index (χ1) is 10.2. The summed E-state index contributed by atoms with van der Waals surface area (Å²) in [6.45, 7) is 0. The fourth-order valence-corrected chi connectivity index (χ4v) is 3.49. The first-order valence-electron chi connectivity index (χ1n) is 7.01. The first kappa shape index (κ1) is 14.2. The fraction of sp³-hybridized carbons (Fsp3) is 0.235. The van der Waals surface area contributed by atoms with E-state index in [0.717, 1.165) is 28.9 Å². The molecule has 0 amide bonds. The summed E-state index contributed by atoms with van der Waals surface area (Å²) < 4.78 is 14.5. The molecule has 4 heteroatoms. The molecule has 108 valence electrons. The van der Waals surface area contributed by atoms with Crippen LogP contribution in [0.5, 0.6) is 0 Å². The highest BCUT2D eigenvalue weighted by molar-refractivity contribution is 7.18. The minimum Gasteiger partial charge on any atom is -0.316 e. The molecule has 1 N–H and O–H groups in total. The van der Waals surface area contributed by atoms with Gasteiger partial charge in [0.15, 0.2) is 0 Å². The molecule has 3 rings (SSSR count). The van der Waals surface area contributed by atoms with Crippen LogP contribution in [0.15, 0.2) is 48.5 Å². The number of likely N-dealkylation sites (N-methyl/N-ethyl adjacent to an activating group) is 1. The van der Waals surface area contributed by atoms with Gasteiger partial charge in [0.05, 0.1) is 15.2 Å². The standard InChI is InChI=1S/C17H17FN2S/c1-19-14(10-12-5-4-6-13(18)9-12)11-17-20-15-7-2-3-8-16(15)21-17/h2-9,14,19H,10-11H2,1H3. The topological polar surface area (TPSA) is 24.9 Å². The van der Waals surface area contributed by atoms with Crippen LogP contribution < -0.4 is 5.32 Å². The predicted molar refractivity (Wildman–Crippen MR) is 86.3 cm³/mol. The summed E-state index contributed by atoms with van der Waals surface area (Å²) in [5.41, 5.74) is 2.06. The highest BCUT2D eigenvalue weighted by Crippen LogP contribution is 2.23. The Kier molecular flexibility index (Phi) is 4.27. The number of hydrogen-bond donors (Lipinski definition) is 1. The maximum Gasteiger partial charge on any atom is 0.123 e. The molecule has 1 unspecified atom stereocenters. The molecule has 0 spiro atoms. The van der Waals surface area contributed by atoms with Crippen molar-refractivity contribution >= 4 is 21.6 Å². The number of thiazole rings is 1. The van der Waals surface area contributed by atoms with Crippen molar-refractivity contribution in [2.75, 3.05) is 7.05 Å². The average Bonchev–Trinajstić information content (AvgIpc) is 2.89. The van der Waals surface area contributed by atoms with Gasteiger partial charge in [-0.1, -0.05) is 24.3 Å². The van der Waals surface area contributed by atoms with Crippen LogP contribution in [-0.4, -0.2) is 18.1 Å². The molecular formula is C17H17FN2S. The molecule has 0 fully saturated rings. The van der Waals surface area contributed by atoms with Crippen LogP contribution in [0.2, 0.25) is 0 Å². The van der Waals surface area contributed by atoms with Crippen LogP contribution in [0.25, 0.3) is 10.2 Å². The van der Waals surface area contributed by atoms with Crippen molar-refractivity contribution in [3.05, 3.63) is 64.9 Å². The Balaban J connectivity index is 1.74. The largest absolute Gasteiger partial charge is 0.316 e. The van der Waals surface area contributed by atoms with Gasteiger partial charge in [-0.25, -0.2) is 9.37 Å². The van der Waals surface area contributed by atoms with E-state index in [0.29, 0.717) is 0 Å². The molecule has 0 saturated carbocycles. The van der Waals surface area contributed by atoms with Gasteiger partial charge < -0.3 is 5.32 Å². The lowest BCUT2D eigenvalue weighted by Crippen LogP contribution is -2.29. The SMILES string of the molecule is CNC(Cc1cccc(F)c1)Cc1nc2ccccc2s1. The molecule has 2 aromatic carbocycles. The second-order valence-corrected chi connectivity index (χ2v) is 6.21. The predicted octanol–water partition coefficient (Wildman–Crippen LogP) is 3.81.